The van der Waals surface area contributed by atoms with Crippen LogP contribution in [0, 0.1) is 5.41 Å². The van der Waals surface area contributed by atoms with E-state index in [0.29, 0.717) is 6.61 Å². The van der Waals surface area contributed by atoms with E-state index in [1.165, 1.54) is 0 Å². The lowest BCUT2D eigenvalue weighted by Crippen LogP contribution is -2.46. The number of ether oxygens (including phenoxy) is 1. The van der Waals surface area contributed by atoms with Gasteiger partial charge in [0, 0.05) is 19.6 Å². The molecular weight excluding hydrogens is 194 g/mol. The Balaban J connectivity index is 2.38. The van der Waals surface area contributed by atoms with Crippen LogP contribution in [0.25, 0.3) is 0 Å². The molecule has 1 atom stereocenters. The maximum Gasteiger partial charge on any atom is 0.306 e. The van der Waals surface area contributed by atoms with Gasteiger partial charge in [0.05, 0.1) is 19.1 Å². The van der Waals surface area contributed by atoms with Crippen molar-refractivity contribution < 1.29 is 14.6 Å². The van der Waals surface area contributed by atoms with E-state index in [1.54, 1.807) is 0 Å². The molecule has 0 aromatic heterocycles. The molecule has 1 N–H and O–H groups in total. The van der Waals surface area contributed by atoms with Gasteiger partial charge in [0.25, 0.3) is 0 Å². The molecule has 88 valence electrons. The summed E-state index contributed by atoms with van der Waals surface area (Å²) in [4.78, 5) is 12.8. The van der Waals surface area contributed by atoms with E-state index in [0.717, 1.165) is 19.6 Å². The van der Waals surface area contributed by atoms with Gasteiger partial charge in [-0.1, -0.05) is 20.8 Å². The van der Waals surface area contributed by atoms with E-state index in [9.17, 15) is 4.79 Å². The third-order valence-corrected chi connectivity index (χ3v) is 2.32. The summed E-state index contributed by atoms with van der Waals surface area (Å²) < 4.78 is 5.41. The first-order valence-corrected chi connectivity index (χ1v) is 5.42. The van der Waals surface area contributed by atoms with E-state index >= 15 is 0 Å². The van der Waals surface area contributed by atoms with E-state index in [1.807, 2.05) is 0 Å². The fourth-order valence-corrected chi connectivity index (χ4v) is 1.91. The second kappa shape index (κ2) is 4.94. The van der Waals surface area contributed by atoms with Crippen LogP contribution in [0.3, 0.4) is 0 Å². The van der Waals surface area contributed by atoms with Gasteiger partial charge in [0.1, 0.15) is 0 Å². The Kier molecular flexibility index (Phi) is 4.11. The molecular formula is C11H21NO3. The first kappa shape index (κ1) is 12.5. The quantitative estimate of drug-likeness (QED) is 0.768. The molecule has 1 rings (SSSR count). The molecule has 0 saturated carbocycles. The summed E-state index contributed by atoms with van der Waals surface area (Å²) in [5.74, 6) is -0.780. The number of hydrogen-bond acceptors (Lipinski definition) is 3. The first-order valence-electron chi connectivity index (χ1n) is 5.42. The molecule has 1 unspecified atom stereocenters. The zero-order valence-electron chi connectivity index (χ0n) is 9.82. The van der Waals surface area contributed by atoms with Crippen LogP contribution in [0.5, 0.6) is 0 Å². The molecule has 4 nitrogen and oxygen atoms in total. The summed E-state index contributed by atoms with van der Waals surface area (Å²) in [5.41, 5.74) is 0.255. The van der Waals surface area contributed by atoms with Crippen LogP contribution in [-0.4, -0.2) is 48.3 Å². The number of carbonyl (C=O) groups is 1. The average Bonchev–Trinajstić information content (AvgIpc) is 1.99. The smallest absolute Gasteiger partial charge is 0.306 e. The monoisotopic (exact) mass is 215 g/mol. The van der Waals surface area contributed by atoms with Gasteiger partial charge < -0.3 is 9.84 Å². The molecule has 0 aromatic rings. The second-order valence-corrected chi connectivity index (χ2v) is 5.39. The van der Waals surface area contributed by atoms with Crippen molar-refractivity contribution in [2.24, 2.45) is 5.41 Å². The second-order valence-electron chi connectivity index (χ2n) is 5.39. The zero-order chi connectivity index (χ0) is 11.5. The Morgan fingerprint density at radius 2 is 2.20 bits per heavy atom. The molecule has 4 heteroatoms. The lowest BCUT2D eigenvalue weighted by molar-refractivity contribution is -0.142. The van der Waals surface area contributed by atoms with Crippen molar-refractivity contribution in [3.05, 3.63) is 0 Å². The fraction of sp³-hybridized carbons (Fsp3) is 0.909. The van der Waals surface area contributed by atoms with Crippen molar-refractivity contribution in [2.75, 3.05) is 26.2 Å². The summed E-state index contributed by atoms with van der Waals surface area (Å²) in [6.07, 6.45) is -0.0284. The SMILES string of the molecule is CC(C)(C)CN1CCOC(CC(=O)O)C1. The molecule has 1 aliphatic rings. The van der Waals surface area contributed by atoms with Gasteiger partial charge in [-0.3, -0.25) is 9.69 Å². The summed E-state index contributed by atoms with van der Waals surface area (Å²) in [7, 11) is 0. The number of rotatable bonds is 3. The van der Waals surface area contributed by atoms with Crippen molar-refractivity contribution in [3.63, 3.8) is 0 Å². The molecule has 0 bridgehead atoms. The number of nitrogens with zero attached hydrogens (tertiary/aromatic N) is 1. The summed E-state index contributed by atoms with van der Waals surface area (Å²) in [5, 5.41) is 8.69. The van der Waals surface area contributed by atoms with Crippen LogP contribution >= 0.6 is 0 Å². The molecule has 0 spiro atoms. The lowest BCUT2D eigenvalue weighted by Gasteiger charge is -2.36. The van der Waals surface area contributed by atoms with Gasteiger partial charge in [-0.15, -0.1) is 0 Å². The van der Waals surface area contributed by atoms with E-state index in [-0.39, 0.29) is 17.9 Å². The van der Waals surface area contributed by atoms with E-state index < -0.39 is 5.97 Å². The van der Waals surface area contributed by atoms with Gasteiger partial charge in [-0.05, 0) is 5.41 Å². The molecule has 0 radical (unpaired) electrons. The minimum absolute atomic E-state index is 0.112. The minimum atomic E-state index is -0.780. The number of morpholine rings is 1. The third kappa shape index (κ3) is 5.14. The highest BCUT2D eigenvalue weighted by Gasteiger charge is 2.25. The lowest BCUT2D eigenvalue weighted by atomic mass is 9.95. The van der Waals surface area contributed by atoms with Crippen LogP contribution in [0.2, 0.25) is 0 Å². The predicted molar refractivity (Wildman–Crippen MR) is 57.9 cm³/mol. The Bertz CT molecular complexity index is 222. The van der Waals surface area contributed by atoms with E-state index in [4.69, 9.17) is 9.84 Å². The molecule has 15 heavy (non-hydrogen) atoms. The Morgan fingerprint density at radius 1 is 1.53 bits per heavy atom. The molecule has 0 amide bonds. The van der Waals surface area contributed by atoms with Gasteiger partial charge in [-0.25, -0.2) is 0 Å². The standard InChI is InChI=1S/C11H21NO3/c1-11(2,3)8-12-4-5-15-9(7-12)6-10(13)14/h9H,4-8H2,1-3H3,(H,13,14). The summed E-state index contributed by atoms with van der Waals surface area (Å²) in [6, 6.07) is 0. The minimum Gasteiger partial charge on any atom is -0.481 e. The van der Waals surface area contributed by atoms with Crippen LogP contribution in [0.15, 0.2) is 0 Å². The molecule has 1 heterocycles. The first-order chi connectivity index (χ1) is 6.87. The molecule has 1 saturated heterocycles. The van der Waals surface area contributed by atoms with Gasteiger partial charge in [-0.2, -0.15) is 0 Å². The topological polar surface area (TPSA) is 49.8 Å². The van der Waals surface area contributed by atoms with Gasteiger partial charge in [0.15, 0.2) is 0 Å². The maximum atomic E-state index is 10.6. The molecule has 1 fully saturated rings. The van der Waals surface area contributed by atoms with Crippen LogP contribution in [0.4, 0.5) is 0 Å². The Labute approximate surface area is 91.2 Å². The van der Waals surface area contributed by atoms with Crippen LogP contribution in [-0.2, 0) is 9.53 Å². The average molecular weight is 215 g/mol. The summed E-state index contributed by atoms with van der Waals surface area (Å²) in [6.45, 7) is 9.86. The van der Waals surface area contributed by atoms with Gasteiger partial charge in [0.2, 0.25) is 0 Å². The molecule has 0 aliphatic carbocycles. The zero-order valence-corrected chi connectivity index (χ0v) is 9.82. The van der Waals surface area contributed by atoms with Crippen molar-refractivity contribution in [2.45, 2.75) is 33.3 Å². The van der Waals surface area contributed by atoms with Crippen molar-refractivity contribution >= 4 is 5.97 Å². The van der Waals surface area contributed by atoms with Crippen LogP contribution < -0.4 is 0 Å². The fourth-order valence-electron chi connectivity index (χ4n) is 1.91. The maximum absolute atomic E-state index is 10.6. The highest BCUT2D eigenvalue weighted by molar-refractivity contribution is 5.67. The largest absolute Gasteiger partial charge is 0.481 e. The Morgan fingerprint density at radius 3 is 2.73 bits per heavy atom. The highest BCUT2D eigenvalue weighted by atomic mass is 16.5. The Hall–Kier alpha value is -0.610. The number of hydrogen-bond donors (Lipinski definition) is 1. The van der Waals surface area contributed by atoms with Crippen molar-refractivity contribution in [1.29, 1.82) is 0 Å². The summed E-state index contributed by atoms with van der Waals surface area (Å²) >= 11 is 0. The number of carboxylic acids is 1. The van der Waals surface area contributed by atoms with Crippen molar-refractivity contribution in [3.8, 4) is 0 Å². The van der Waals surface area contributed by atoms with Gasteiger partial charge >= 0.3 is 5.97 Å². The molecule has 1 aliphatic heterocycles. The predicted octanol–water partition coefficient (Wildman–Crippen LogP) is 1.21. The number of aliphatic carboxylic acids is 1. The normalized spacial score (nSPS) is 24.1. The molecule has 0 aromatic carbocycles. The third-order valence-electron chi connectivity index (χ3n) is 2.32. The van der Waals surface area contributed by atoms with Crippen LogP contribution in [0.1, 0.15) is 27.2 Å². The number of carboxylic acid groups (broad SMARTS) is 1. The van der Waals surface area contributed by atoms with E-state index in [2.05, 4.69) is 25.7 Å². The van der Waals surface area contributed by atoms with Crippen molar-refractivity contribution in [1.82, 2.24) is 4.90 Å². The highest BCUT2D eigenvalue weighted by Crippen LogP contribution is 2.18.